The average Bonchev–Trinajstić information content (AvgIpc) is 2.85. The highest BCUT2D eigenvalue weighted by molar-refractivity contribution is 9.10. The lowest BCUT2D eigenvalue weighted by atomic mass is 10.2. The maximum Gasteiger partial charge on any atom is 0.225 e. The fraction of sp³-hybridized carbons (Fsp3) is 0.333. The third-order valence-corrected chi connectivity index (χ3v) is 3.49. The fourth-order valence-corrected chi connectivity index (χ4v) is 2.37. The summed E-state index contributed by atoms with van der Waals surface area (Å²) >= 11 is 3.49. The minimum Gasteiger partial charge on any atom is -0.455 e. The lowest BCUT2D eigenvalue weighted by Gasteiger charge is -2.18. The van der Waals surface area contributed by atoms with Crippen LogP contribution in [0.5, 0.6) is 0 Å². The quantitative estimate of drug-likeness (QED) is 0.803. The summed E-state index contributed by atoms with van der Waals surface area (Å²) in [5.74, 6) is -0.0229. The van der Waals surface area contributed by atoms with Crippen LogP contribution in [0, 0.1) is 0 Å². The van der Waals surface area contributed by atoms with Gasteiger partial charge in [-0.25, -0.2) is 0 Å². The van der Waals surface area contributed by atoms with Crippen LogP contribution in [0.3, 0.4) is 0 Å². The number of ether oxygens (including phenoxy) is 2. The molecule has 0 bridgehead atoms. The van der Waals surface area contributed by atoms with E-state index in [1.54, 1.807) is 0 Å². The minimum atomic E-state index is -0.738. The third-order valence-electron chi connectivity index (χ3n) is 2.79. The highest BCUT2D eigenvalue weighted by Crippen LogP contribution is 2.36. The number of benzene rings is 1. The van der Waals surface area contributed by atoms with E-state index < -0.39 is 5.79 Å². The third kappa shape index (κ3) is 1.49. The molecule has 1 saturated heterocycles. The molecule has 4 heteroatoms. The molecule has 0 atom stereocenters. The Morgan fingerprint density at radius 2 is 2.00 bits per heavy atom. The van der Waals surface area contributed by atoms with E-state index in [0.717, 1.165) is 15.4 Å². The van der Waals surface area contributed by atoms with E-state index in [0.29, 0.717) is 19.0 Å². The van der Waals surface area contributed by atoms with Crippen LogP contribution in [-0.4, -0.2) is 13.2 Å². The molecule has 0 amide bonds. The van der Waals surface area contributed by atoms with E-state index in [2.05, 4.69) is 15.9 Å². The first-order valence-corrected chi connectivity index (χ1v) is 5.95. The Hall–Kier alpha value is -0.840. The van der Waals surface area contributed by atoms with Gasteiger partial charge in [-0.1, -0.05) is 22.0 Å². The maximum absolute atomic E-state index is 5.76. The van der Waals surface area contributed by atoms with Gasteiger partial charge in [0, 0.05) is 9.86 Å². The van der Waals surface area contributed by atoms with E-state index in [1.807, 2.05) is 31.2 Å². The first-order chi connectivity index (χ1) is 7.69. The molecule has 2 aromatic rings. The molecule has 0 aliphatic carbocycles. The number of fused-ring (bicyclic) bond motifs is 1. The molecule has 0 unspecified atom stereocenters. The second-order valence-corrected chi connectivity index (χ2v) is 4.76. The van der Waals surface area contributed by atoms with Gasteiger partial charge in [-0.15, -0.1) is 0 Å². The second kappa shape index (κ2) is 3.58. The molecular weight excluding hydrogens is 272 g/mol. The zero-order valence-electron chi connectivity index (χ0n) is 8.83. The van der Waals surface area contributed by atoms with Crippen molar-refractivity contribution < 1.29 is 13.9 Å². The van der Waals surface area contributed by atoms with Gasteiger partial charge in [-0.3, -0.25) is 0 Å². The summed E-state index contributed by atoms with van der Waals surface area (Å²) in [7, 11) is 0. The zero-order chi connectivity index (χ0) is 11.2. The number of hydrogen-bond acceptors (Lipinski definition) is 3. The minimum absolute atomic E-state index is 0.606. The molecular formula is C12H11BrO3. The van der Waals surface area contributed by atoms with E-state index in [9.17, 15) is 0 Å². The normalized spacial score (nSPS) is 19.4. The predicted octanol–water partition coefficient (Wildman–Crippen LogP) is 3.41. The zero-order valence-corrected chi connectivity index (χ0v) is 10.4. The van der Waals surface area contributed by atoms with Crippen molar-refractivity contribution in [3.63, 3.8) is 0 Å². The van der Waals surface area contributed by atoms with Crippen molar-refractivity contribution in [2.45, 2.75) is 12.7 Å². The van der Waals surface area contributed by atoms with Crippen LogP contribution in [0.2, 0.25) is 0 Å². The van der Waals surface area contributed by atoms with Crippen LogP contribution < -0.4 is 0 Å². The van der Waals surface area contributed by atoms with Gasteiger partial charge in [0.05, 0.1) is 13.2 Å². The predicted molar refractivity (Wildman–Crippen MR) is 63.2 cm³/mol. The molecule has 1 aliphatic rings. The smallest absolute Gasteiger partial charge is 0.225 e. The second-order valence-electron chi connectivity index (χ2n) is 3.90. The van der Waals surface area contributed by atoms with Crippen LogP contribution in [0.4, 0.5) is 0 Å². The molecule has 1 aromatic carbocycles. The standard InChI is InChI=1S/C12H11BrO3/c1-12(14-5-6-15-12)11-7-8-9(13)3-2-4-10(8)16-11/h2-4,7H,5-6H2,1H3. The van der Waals surface area contributed by atoms with E-state index in [1.165, 1.54) is 0 Å². The molecule has 3 rings (SSSR count). The van der Waals surface area contributed by atoms with Gasteiger partial charge in [-0.05, 0) is 25.1 Å². The van der Waals surface area contributed by atoms with Gasteiger partial charge < -0.3 is 13.9 Å². The molecule has 0 N–H and O–H groups in total. The Morgan fingerprint density at radius 1 is 1.25 bits per heavy atom. The molecule has 16 heavy (non-hydrogen) atoms. The molecule has 1 aromatic heterocycles. The maximum atomic E-state index is 5.76. The summed E-state index contributed by atoms with van der Waals surface area (Å²) in [5, 5.41) is 1.04. The van der Waals surface area contributed by atoms with Gasteiger partial charge >= 0.3 is 0 Å². The summed E-state index contributed by atoms with van der Waals surface area (Å²) < 4.78 is 17.9. The summed E-state index contributed by atoms with van der Waals surface area (Å²) in [4.78, 5) is 0. The fourth-order valence-electron chi connectivity index (χ4n) is 1.91. The lowest BCUT2D eigenvalue weighted by molar-refractivity contribution is -0.162. The molecule has 84 valence electrons. The topological polar surface area (TPSA) is 31.6 Å². The van der Waals surface area contributed by atoms with E-state index in [-0.39, 0.29) is 0 Å². The molecule has 1 aliphatic heterocycles. The highest BCUT2D eigenvalue weighted by atomic mass is 79.9. The Balaban J connectivity index is 2.15. The van der Waals surface area contributed by atoms with Crippen LogP contribution in [0.25, 0.3) is 11.0 Å². The summed E-state index contributed by atoms with van der Waals surface area (Å²) in [5.41, 5.74) is 0.838. The molecule has 0 saturated carbocycles. The summed E-state index contributed by atoms with van der Waals surface area (Å²) in [6.07, 6.45) is 0. The molecule has 0 radical (unpaired) electrons. The van der Waals surface area contributed by atoms with Gasteiger partial charge in [0.15, 0.2) is 5.76 Å². The highest BCUT2D eigenvalue weighted by Gasteiger charge is 2.36. The molecule has 3 nitrogen and oxygen atoms in total. The van der Waals surface area contributed by atoms with Crippen molar-refractivity contribution in [2.75, 3.05) is 13.2 Å². The lowest BCUT2D eigenvalue weighted by Crippen LogP contribution is -2.21. The summed E-state index contributed by atoms with van der Waals surface area (Å²) in [6, 6.07) is 7.82. The number of hydrogen-bond donors (Lipinski definition) is 0. The average molecular weight is 283 g/mol. The number of halogens is 1. The van der Waals surface area contributed by atoms with E-state index >= 15 is 0 Å². The van der Waals surface area contributed by atoms with Gasteiger partial charge in [0.25, 0.3) is 0 Å². The van der Waals surface area contributed by atoms with Crippen molar-refractivity contribution in [3.05, 3.63) is 34.5 Å². The molecule has 0 spiro atoms. The number of rotatable bonds is 1. The van der Waals surface area contributed by atoms with Crippen LogP contribution in [0.15, 0.2) is 33.2 Å². The Labute approximate surface area is 101 Å². The van der Waals surface area contributed by atoms with Crippen molar-refractivity contribution >= 4 is 26.9 Å². The number of furan rings is 1. The van der Waals surface area contributed by atoms with Crippen LogP contribution in [-0.2, 0) is 15.3 Å². The van der Waals surface area contributed by atoms with Crippen molar-refractivity contribution in [1.82, 2.24) is 0 Å². The van der Waals surface area contributed by atoms with Gasteiger partial charge in [0.1, 0.15) is 5.58 Å². The van der Waals surface area contributed by atoms with Gasteiger partial charge in [-0.2, -0.15) is 0 Å². The first-order valence-electron chi connectivity index (χ1n) is 5.15. The molecule has 1 fully saturated rings. The van der Waals surface area contributed by atoms with Crippen molar-refractivity contribution in [3.8, 4) is 0 Å². The van der Waals surface area contributed by atoms with E-state index in [4.69, 9.17) is 13.9 Å². The van der Waals surface area contributed by atoms with Crippen LogP contribution >= 0.6 is 15.9 Å². The summed E-state index contributed by atoms with van der Waals surface area (Å²) in [6.45, 7) is 3.09. The first kappa shape index (κ1) is 10.3. The molecule has 2 heterocycles. The monoisotopic (exact) mass is 282 g/mol. The SMILES string of the molecule is CC1(c2cc3c(Br)cccc3o2)OCCO1. The Kier molecular flexibility index (Phi) is 2.31. The Morgan fingerprint density at radius 3 is 2.69 bits per heavy atom. The van der Waals surface area contributed by atoms with Crippen LogP contribution in [0.1, 0.15) is 12.7 Å². The van der Waals surface area contributed by atoms with Crippen molar-refractivity contribution in [1.29, 1.82) is 0 Å². The Bertz CT molecular complexity index is 526. The van der Waals surface area contributed by atoms with Gasteiger partial charge in [0.2, 0.25) is 5.79 Å². The van der Waals surface area contributed by atoms with Crippen molar-refractivity contribution in [2.24, 2.45) is 0 Å². The largest absolute Gasteiger partial charge is 0.455 e.